The molecule has 3 aliphatic rings. The molecule has 29 heavy (non-hydrogen) atoms. The maximum atomic E-state index is 12.3. The first-order valence-electron chi connectivity index (χ1n) is 9.60. The molecule has 6 nitrogen and oxygen atoms in total. The van der Waals surface area contributed by atoms with Crippen molar-refractivity contribution in [3.63, 3.8) is 0 Å². The van der Waals surface area contributed by atoms with Gasteiger partial charge in [-0.3, -0.25) is 4.79 Å². The van der Waals surface area contributed by atoms with E-state index in [4.69, 9.17) is 4.74 Å². The zero-order valence-electron chi connectivity index (χ0n) is 15.6. The van der Waals surface area contributed by atoms with E-state index < -0.39 is 9.84 Å². The summed E-state index contributed by atoms with van der Waals surface area (Å²) in [7, 11) is -3.08. The van der Waals surface area contributed by atoms with Crippen LogP contribution in [0.2, 0.25) is 0 Å². The summed E-state index contributed by atoms with van der Waals surface area (Å²) in [5, 5.41) is 0.523. The maximum Gasteiger partial charge on any atom is 0.251 e. The van der Waals surface area contributed by atoms with Crippen molar-refractivity contribution < 1.29 is 17.9 Å². The molecule has 2 aliphatic heterocycles. The number of fused-ring (bicyclic) bond motifs is 1. The van der Waals surface area contributed by atoms with Crippen LogP contribution in [0.25, 0.3) is 0 Å². The molecule has 0 N–H and O–H groups in total. The highest BCUT2D eigenvalue weighted by Gasteiger charge is 2.49. The van der Waals surface area contributed by atoms with E-state index in [1.165, 1.54) is 11.8 Å². The van der Waals surface area contributed by atoms with Gasteiger partial charge >= 0.3 is 0 Å². The number of aliphatic imine (C=N–C) groups is 1. The summed E-state index contributed by atoms with van der Waals surface area (Å²) < 4.78 is 30.2. The molecule has 0 radical (unpaired) electrons. The predicted octanol–water partition coefficient (Wildman–Crippen LogP) is 3.49. The van der Waals surface area contributed by atoms with E-state index in [2.05, 4.69) is 4.99 Å². The smallest absolute Gasteiger partial charge is 0.251 e. The standard InChI is InChI=1S/C21H20N2O4S2/c24-20(14-6-7-14)22-21-23(18-12-29(25,26)13-19(18)28-21)15-8-10-17(11-9-15)27-16-4-2-1-3-5-16/h1-5,8-11,14,18-19H,6-7,12-13H2/t18-,19+/m1/s1. The van der Waals surface area contributed by atoms with Crippen molar-refractivity contribution in [1.82, 2.24) is 0 Å². The lowest BCUT2D eigenvalue weighted by atomic mass is 10.2. The Kier molecular flexibility index (Phi) is 4.63. The van der Waals surface area contributed by atoms with Gasteiger partial charge in [0.05, 0.1) is 17.5 Å². The molecule has 0 bridgehead atoms. The minimum atomic E-state index is -3.08. The molecule has 2 saturated heterocycles. The van der Waals surface area contributed by atoms with E-state index in [1.807, 2.05) is 59.5 Å². The Labute approximate surface area is 173 Å². The molecular formula is C21H20N2O4S2. The second-order valence-corrected chi connectivity index (χ2v) is 10.9. The first-order chi connectivity index (χ1) is 14.0. The third-order valence-corrected chi connectivity index (χ3v) is 8.50. The Morgan fingerprint density at radius 1 is 1.00 bits per heavy atom. The van der Waals surface area contributed by atoms with Crippen LogP contribution >= 0.6 is 11.8 Å². The lowest BCUT2D eigenvalue weighted by Crippen LogP contribution is -2.37. The molecule has 8 heteroatoms. The van der Waals surface area contributed by atoms with Gasteiger partial charge in [-0.25, -0.2) is 8.42 Å². The molecule has 2 aromatic rings. The largest absolute Gasteiger partial charge is 0.457 e. The first-order valence-corrected chi connectivity index (χ1v) is 12.3. The third kappa shape index (κ3) is 3.91. The highest BCUT2D eigenvalue weighted by molar-refractivity contribution is 8.16. The van der Waals surface area contributed by atoms with Crippen LogP contribution in [-0.2, 0) is 14.6 Å². The molecule has 0 unspecified atom stereocenters. The van der Waals surface area contributed by atoms with Crippen molar-refractivity contribution in [2.45, 2.75) is 24.1 Å². The normalized spacial score (nSPS) is 26.5. The number of ether oxygens (including phenoxy) is 1. The lowest BCUT2D eigenvalue weighted by Gasteiger charge is -2.24. The van der Waals surface area contributed by atoms with Gasteiger partial charge in [-0.05, 0) is 49.2 Å². The fraction of sp³-hybridized carbons (Fsp3) is 0.333. The SMILES string of the molecule is O=C(N=C1S[C@H]2CS(=O)(=O)C[C@H]2N1c1ccc(Oc2ccccc2)cc1)C1CC1. The molecule has 5 rings (SSSR count). The van der Waals surface area contributed by atoms with E-state index in [9.17, 15) is 13.2 Å². The van der Waals surface area contributed by atoms with Crippen molar-refractivity contribution in [1.29, 1.82) is 0 Å². The van der Waals surface area contributed by atoms with Crippen molar-refractivity contribution in [2.75, 3.05) is 16.4 Å². The van der Waals surface area contributed by atoms with Crippen LogP contribution in [0.15, 0.2) is 59.6 Å². The average molecular weight is 429 g/mol. The van der Waals surface area contributed by atoms with Crippen LogP contribution in [0.5, 0.6) is 11.5 Å². The molecule has 2 aromatic carbocycles. The van der Waals surface area contributed by atoms with Crippen molar-refractivity contribution >= 4 is 38.4 Å². The Balaban J connectivity index is 1.43. The van der Waals surface area contributed by atoms with Crippen LogP contribution in [0.4, 0.5) is 5.69 Å². The van der Waals surface area contributed by atoms with Crippen LogP contribution in [0, 0.1) is 5.92 Å². The molecule has 150 valence electrons. The van der Waals surface area contributed by atoms with Gasteiger partial charge < -0.3 is 9.64 Å². The Morgan fingerprint density at radius 3 is 2.38 bits per heavy atom. The quantitative estimate of drug-likeness (QED) is 0.742. The fourth-order valence-electron chi connectivity index (χ4n) is 3.68. The van der Waals surface area contributed by atoms with Crippen molar-refractivity contribution in [3.05, 3.63) is 54.6 Å². The molecule has 2 atom stereocenters. The Bertz CT molecular complexity index is 1060. The number of amides is 1. The van der Waals surface area contributed by atoms with E-state index in [1.54, 1.807) is 0 Å². The zero-order chi connectivity index (χ0) is 20.0. The number of hydrogen-bond acceptors (Lipinski definition) is 5. The Morgan fingerprint density at radius 2 is 1.69 bits per heavy atom. The minimum Gasteiger partial charge on any atom is -0.457 e. The summed E-state index contributed by atoms with van der Waals surface area (Å²) in [5.41, 5.74) is 0.824. The van der Waals surface area contributed by atoms with Crippen LogP contribution < -0.4 is 9.64 Å². The summed E-state index contributed by atoms with van der Waals surface area (Å²) >= 11 is 1.41. The van der Waals surface area contributed by atoms with Crippen LogP contribution in [0.1, 0.15) is 12.8 Å². The van der Waals surface area contributed by atoms with Gasteiger partial charge in [0.1, 0.15) is 11.5 Å². The van der Waals surface area contributed by atoms with E-state index in [0.717, 1.165) is 24.3 Å². The van der Waals surface area contributed by atoms with Crippen molar-refractivity contribution in [2.24, 2.45) is 10.9 Å². The van der Waals surface area contributed by atoms with Gasteiger partial charge in [-0.15, -0.1) is 0 Å². The number of para-hydroxylation sites is 1. The number of thioether (sulfide) groups is 1. The highest BCUT2D eigenvalue weighted by Crippen LogP contribution is 2.42. The molecular weight excluding hydrogens is 408 g/mol. The molecule has 1 aliphatic carbocycles. The molecule has 0 aromatic heterocycles. The number of amidine groups is 1. The van der Waals surface area contributed by atoms with Gasteiger partial charge in [0.2, 0.25) is 0 Å². The molecule has 3 fully saturated rings. The number of carbonyl (C=O) groups excluding carboxylic acids is 1. The second-order valence-electron chi connectivity index (χ2n) is 7.59. The second kappa shape index (κ2) is 7.18. The minimum absolute atomic E-state index is 0.0378. The monoisotopic (exact) mass is 428 g/mol. The number of nitrogens with zero attached hydrogens (tertiary/aromatic N) is 2. The number of hydrogen-bond donors (Lipinski definition) is 0. The number of sulfone groups is 1. The summed E-state index contributed by atoms with van der Waals surface area (Å²) in [5.74, 6) is 1.60. The fourth-order valence-corrected chi connectivity index (χ4v) is 7.60. The van der Waals surface area contributed by atoms with Gasteiger partial charge in [-0.1, -0.05) is 30.0 Å². The number of anilines is 1. The Hall–Kier alpha value is -2.32. The zero-order valence-corrected chi connectivity index (χ0v) is 17.2. The van der Waals surface area contributed by atoms with Gasteiger partial charge in [0.15, 0.2) is 15.0 Å². The van der Waals surface area contributed by atoms with Gasteiger partial charge in [0.25, 0.3) is 5.91 Å². The predicted molar refractivity (Wildman–Crippen MR) is 114 cm³/mol. The van der Waals surface area contributed by atoms with Gasteiger partial charge in [-0.2, -0.15) is 4.99 Å². The first kappa shape index (κ1) is 18.7. The van der Waals surface area contributed by atoms with Crippen LogP contribution in [0.3, 0.4) is 0 Å². The summed E-state index contributed by atoms with van der Waals surface area (Å²) in [6, 6.07) is 16.8. The number of carbonyl (C=O) groups is 1. The highest BCUT2D eigenvalue weighted by atomic mass is 32.2. The van der Waals surface area contributed by atoms with Crippen LogP contribution in [-0.4, -0.2) is 42.3 Å². The van der Waals surface area contributed by atoms with Crippen molar-refractivity contribution in [3.8, 4) is 11.5 Å². The summed E-state index contributed by atoms with van der Waals surface area (Å²) in [6.45, 7) is 0. The maximum absolute atomic E-state index is 12.3. The molecule has 2 heterocycles. The molecule has 0 spiro atoms. The topological polar surface area (TPSA) is 76.0 Å². The van der Waals surface area contributed by atoms with E-state index >= 15 is 0 Å². The average Bonchev–Trinajstić information content (AvgIpc) is 3.44. The van der Waals surface area contributed by atoms with E-state index in [0.29, 0.717) is 10.9 Å². The van der Waals surface area contributed by atoms with Gasteiger partial charge in [0, 0.05) is 16.9 Å². The molecule has 1 amide bonds. The number of benzene rings is 2. The summed E-state index contributed by atoms with van der Waals surface area (Å²) in [6.07, 6.45) is 1.79. The third-order valence-electron chi connectivity index (χ3n) is 5.29. The number of rotatable bonds is 4. The summed E-state index contributed by atoms with van der Waals surface area (Å²) in [4.78, 5) is 18.6. The molecule has 1 saturated carbocycles. The van der Waals surface area contributed by atoms with E-state index in [-0.39, 0.29) is 34.6 Å². The lowest BCUT2D eigenvalue weighted by molar-refractivity contribution is -0.118.